The zero-order valence-electron chi connectivity index (χ0n) is 15.0. The number of carbonyl (C=O) groups is 1. The molecule has 4 rings (SSSR count). The second-order valence-electron chi connectivity index (χ2n) is 7.97. The molecule has 1 spiro atoms. The molecule has 2 saturated heterocycles. The Hall–Kier alpha value is -0.920. The lowest BCUT2D eigenvalue weighted by atomic mass is 9.74. The first-order valence-corrected chi connectivity index (χ1v) is 11.4. The van der Waals surface area contributed by atoms with Crippen LogP contribution in [0.25, 0.3) is 0 Å². The lowest BCUT2D eigenvalue weighted by Gasteiger charge is -2.48. The zero-order chi connectivity index (χ0) is 17.8. The van der Waals surface area contributed by atoms with Crippen molar-refractivity contribution in [3.05, 3.63) is 15.8 Å². The van der Waals surface area contributed by atoms with Crippen LogP contribution >= 0.6 is 11.3 Å². The van der Waals surface area contributed by atoms with Crippen molar-refractivity contribution in [2.45, 2.75) is 63.3 Å². The van der Waals surface area contributed by atoms with Crippen molar-refractivity contribution in [2.24, 2.45) is 5.41 Å². The molecular formula is C18H26N2O3S2. The van der Waals surface area contributed by atoms with Crippen molar-refractivity contribution < 1.29 is 13.2 Å². The van der Waals surface area contributed by atoms with Crippen LogP contribution in [0, 0.1) is 19.3 Å². The first-order valence-electron chi connectivity index (χ1n) is 9.17. The molecule has 1 aromatic rings. The average molecular weight is 383 g/mol. The normalized spacial score (nSPS) is 28.7. The summed E-state index contributed by atoms with van der Waals surface area (Å²) in [5.74, 6) is 0.261. The minimum Gasteiger partial charge on any atom is -0.339 e. The van der Waals surface area contributed by atoms with Gasteiger partial charge in [-0.1, -0.05) is 0 Å². The van der Waals surface area contributed by atoms with Crippen LogP contribution in [0.5, 0.6) is 0 Å². The molecule has 1 aliphatic carbocycles. The lowest BCUT2D eigenvalue weighted by molar-refractivity contribution is -0.139. The molecule has 0 radical (unpaired) electrons. The molecule has 0 N–H and O–H groups in total. The molecule has 1 atom stereocenters. The fraction of sp³-hybridized carbons (Fsp3) is 0.722. The molecule has 3 aliphatic rings. The van der Waals surface area contributed by atoms with E-state index in [1.54, 1.807) is 21.7 Å². The Balaban J connectivity index is 1.58. The van der Waals surface area contributed by atoms with Gasteiger partial charge in [0.25, 0.3) is 0 Å². The monoisotopic (exact) mass is 382 g/mol. The Morgan fingerprint density at radius 2 is 1.96 bits per heavy atom. The van der Waals surface area contributed by atoms with Crippen molar-refractivity contribution in [3.8, 4) is 0 Å². The largest absolute Gasteiger partial charge is 0.339 e. The molecule has 1 saturated carbocycles. The molecule has 1 aromatic heterocycles. The number of nitrogens with zero attached hydrogens (tertiary/aromatic N) is 2. The summed E-state index contributed by atoms with van der Waals surface area (Å²) in [5.41, 5.74) is -0.0548. The fourth-order valence-corrected chi connectivity index (χ4v) is 7.58. The summed E-state index contributed by atoms with van der Waals surface area (Å²) in [6.45, 7) is 5.73. The summed E-state index contributed by atoms with van der Waals surface area (Å²) < 4.78 is 28.1. The second kappa shape index (κ2) is 6.06. The SMILES string of the molecule is Cc1cc(S(=O)(=O)N2CCC[C@@]3(CCC(=O)N(C4CC4)C3)C2)c(C)s1. The summed E-state index contributed by atoms with van der Waals surface area (Å²) in [6, 6.07) is 2.22. The van der Waals surface area contributed by atoms with Crippen LogP contribution < -0.4 is 0 Å². The Morgan fingerprint density at radius 3 is 2.60 bits per heavy atom. The van der Waals surface area contributed by atoms with Gasteiger partial charge in [-0.3, -0.25) is 4.79 Å². The highest BCUT2D eigenvalue weighted by Gasteiger charge is 2.47. The van der Waals surface area contributed by atoms with E-state index in [0.29, 0.717) is 30.4 Å². The van der Waals surface area contributed by atoms with E-state index in [0.717, 1.165) is 48.4 Å². The standard InChI is InChI=1S/C18H26N2O3S2/c1-13-10-16(14(2)24-13)25(22,23)19-9-3-7-18(11-19)8-6-17(21)20(12-18)15-4-5-15/h10,15H,3-9,11-12H2,1-2H3/t18-/m1/s1. The number of piperidine rings is 2. The first-order chi connectivity index (χ1) is 11.8. The smallest absolute Gasteiger partial charge is 0.244 e. The molecule has 25 heavy (non-hydrogen) atoms. The van der Waals surface area contributed by atoms with Gasteiger partial charge in [0.2, 0.25) is 15.9 Å². The number of sulfonamides is 1. The van der Waals surface area contributed by atoms with E-state index in [1.165, 1.54) is 0 Å². The molecule has 138 valence electrons. The van der Waals surface area contributed by atoms with Gasteiger partial charge < -0.3 is 4.90 Å². The topological polar surface area (TPSA) is 57.7 Å². The first kappa shape index (κ1) is 17.5. The molecule has 0 bridgehead atoms. The Morgan fingerprint density at radius 1 is 1.20 bits per heavy atom. The van der Waals surface area contributed by atoms with Crippen LogP contribution in [-0.4, -0.2) is 49.2 Å². The summed E-state index contributed by atoms with van der Waals surface area (Å²) in [4.78, 5) is 16.7. The van der Waals surface area contributed by atoms with Crippen molar-refractivity contribution >= 4 is 27.3 Å². The van der Waals surface area contributed by atoms with Crippen molar-refractivity contribution in [1.29, 1.82) is 0 Å². The maximum atomic E-state index is 13.2. The van der Waals surface area contributed by atoms with Crippen LogP contribution in [0.15, 0.2) is 11.0 Å². The number of hydrogen-bond acceptors (Lipinski definition) is 4. The van der Waals surface area contributed by atoms with Gasteiger partial charge >= 0.3 is 0 Å². The number of amides is 1. The third-order valence-electron chi connectivity index (χ3n) is 5.92. The molecular weight excluding hydrogens is 356 g/mol. The predicted molar refractivity (Wildman–Crippen MR) is 98.2 cm³/mol. The fourth-order valence-electron chi connectivity index (χ4n) is 4.47. The summed E-state index contributed by atoms with van der Waals surface area (Å²) in [7, 11) is -3.44. The van der Waals surface area contributed by atoms with Crippen LogP contribution in [0.3, 0.4) is 0 Å². The second-order valence-corrected chi connectivity index (χ2v) is 11.3. The number of thiophene rings is 1. The summed E-state index contributed by atoms with van der Waals surface area (Å²) >= 11 is 1.54. The van der Waals surface area contributed by atoms with E-state index < -0.39 is 10.0 Å². The van der Waals surface area contributed by atoms with Crippen LogP contribution in [0.4, 0.5) is 0 Å². The average Bonchev–Trinajstić information content (AvgIpc) is 3.34. The van der Waals surface area contributed by atoms with E-state index >= 15 is 0 Å². The molecule has 1 amide bonds. The Labute approximate surface area is 154 Å². The van der Waals surface area contributed by atoms with E-state index in [-0.39, 0.29) is 11.3 Å². The quantitative estimate of drug-likeness (QED) is 0.808. The van der Waals surface area contributed by atoms with Crippen molar-refractivity contribution in [2.75, 3.05) is 19.6 Å². The van der Waals surface area contributed by atoms with Crippen LogP contribution in [-0.2, 0) is 14.8 Å². The molecule has 0 aromatic carbocycles. The van der Waals surface area contributed by atoms with Crippen LogP contribution in [0.1, 0.15) is 48.3 Å². The molecule has 3 heterocycles. The predicted octanol–water partition coefficient (Wildman–Crippen LogP) is 2.92. The van der Waals surface area contributed by atoms with Gasteiger partial charge in [0.05, 0.1) is 4.90 Å². The van der Waals surface area contributed by atoms with Crippen LogP contribution in [0.2, 0.25) is 0 Å². The van der Waals surface area contributed by atoms with Gasteiger partial charge in [-0.15, -0.1) is 11.3 Å². The van der Waals surface area contributed by atoms with Gasteiger partial charge in [-0.25, -0.2) is 8.42 Å². The van der Waals surface area contributed by atoms with E-state index in [9.17, 15) is 13.2 Å². The highest BCUT2D eigenvalue weighted by molar-refractivity contribution is 7.89. The Kier molecular flexibility index (Phi) is 4.24. The minimum absolute atomic E-state index is 0.0548. The number of rotatable bonds is 3. The molecule has 7 heteroatoms. The Bertz CT molecular complexity index is 797. The third-order valence-corrected chi connectivity index (χ3v) is 8.99. The molecule has 0 unspecified atom stereocenters. The van der Waals surface area contributed by atoms with E-state index in [1.807, 2.05) is 18.7 Å². The van der Waals surface area contributed by atoms with E-state index in [4.69, 9.17) is 0 Å². The zero-order valence-corrected chi connectivity index (χ0v) is 16.6. The van der Waals surface area contributed by atoms with Gasteiger partial charge in [-0.05, 0) is 52.0 Å². The molecule has 3 fully saturated rings. The lowest BCUT2D eigenvalue weighted by Crippen LogP contribution is -2.55. The molecule has 5 nitrogen and oxygen atoms in total. The van der Waals surface area contributed by atoms with Gasteiger partial charge in [0.15, 0.2) is 0 Å². The minimum atomic E-state index is -3.44. The maximum Gasteiger partial charge on any atom is 0.244 e. The van der Waals surface area contributed by atoms with Crippen molar-refractivity contribution in [3.63, 3.8) is 0 Å². The summed E-state index contributed by atoms with van der Waals surface area (Å²) in [5, 5.41) is 0. The van der Waals surface area contributed by atoms with Gasteiger partial charge in [-0.2, -0.15) is 4.31 Å². The number of aryl methyl sites for hydroxylation is 2. The van der Waals surface area contributed by atoms with Gasteiger partial charge in [0, 0.05) is 47.3 Å². The summed E-state index contributed by atoms with van der Waals surface area (Å²) in [6.07, 6.45) is 5.52. The van der Waals surface area contributed by atoms with E-state index in [2.05, 4.69) is 0 Å². The highest BCUT2D eigenvalue weighted by Crippen LogP contribution is 2.43. The van der Waals surface area contributed by atoms with Gasteiger partial charge in [0.1, 0.15) is 0 Å². The highest BCUT2D eigenvalue weighted by atomic mass is 32.2. The number of carbonyl (C=O) groups excluding carboxylic acids is 1. The maximum absolute atomic E-state index is 13.2. The number of likely N-dealkylation sites (tertiary alicyclic amines) is 1. The molecule has 2 aliphatic heterocycles. The van der Waals surface area contributed by atoms with Crippen molar-refractivity contribution in [1.82, 2.24) is 9.21 Å². The third kappa shape index (κ3) is 3.15. The number of hydrogen-bond donors (Lipinski definition) is 0.